The molecule has 96 valence electrons. The maximum Gasteiger partial charge on any atom is 0.118 e. The molecule has 0 aliphatic rings. The molecule has 0 amide bonds. The molecule has 0 saturated heterocycles. The highest BCUT2D eigenvalue weighted by atomic mass is 32.1. The van der Waals surface area contributed by atoms with Gasteiger partial charge in [-0.05, 0) is 36.3 Å². The number of hydrogen-bond acceptors (Lipinski definition) is 3. The molecule has 0 aliphatic heterocycles. The zero-order valence-electron chi connectivity index (χ0n) is 10.5. The van der Waals surface area contributed by atoms with Crippen molar-refractivity contribution >= 4 is 12.6 Å². The summed E-state index contributed by atoms with van der Waals surface area (Å²) in [6, 6.07) is 8.01. The van der Waals surface area contributed by atoms with Crippen molar-refractivity contribution in [1.82, 2.24) is 0 Å². The van der Waals surface area contributed by atoms with Crippen LogP contribution in [0.1, 0.15) is 31.2 Å². The zero-order valence-corrected chi connectivity index (χ0v) is 11.4. The fourth-order valence-corrected chi connectivity index (χ4v) is 1.80. The van der Waals surface area contributed by atoms with E-state index in [1.165, 1.54) is 24.8 Å². The van der Waals surface area contributed by atoms with Gasteiger partial charge in [0.25, 0.3) is 0 Å². The number of unbranched alkanes of at least 4 members (excludes halogenated alkanes) is 3. The molecular weight excluding hydrogens is 232 g/mol. The summed E-state index contributed by atoms with van der Waals surface area (Å²) in [5.41, 5.74) is 1.20. The van der Waals surface area contributed by atoms with Crippen LogP contribution in [0.4, 0.5) is 0 Å². The van der Waals surface area contributed by atoms with Crippen molar-refractivity contribution in [2.45, 2.75) is 32.3 Å². The molecule has 0 heterocycles. The first-order valence-corrected chi connectivity index (χ1v) is 6.81. The summed E-state index contributed by atoms with van der Waals surface area (Å²) in [5.74, 6) is 1.88. The molecule has 0 aromatic heterocycles. The second-order valence-electron chi connectivity index (χ2n) is 4.04. The van der Waals surface area contributed by atoms with Gasteiger partial charge in [0, 0.05) is 6.61 Å². The lowest BCUT2D eigenvalue weighted by Crippen LogP contribution is -1.96. The van der Waals surface area contributed by atoms with E-state index in [0.29, 0.717) is 6.61 Å². The van der Waals surface area contributed by atoms with Gasteiger partial charge in [-0.1, -0.05) is 25.0 Å². The Morgan fingerprint density at radius 3 is 2.35 bits per heavy atom. The Balaban J connectivity index is 2.05. The largest absolute Gasteiger partial charge is 0.497 e. The minimum absolute atomic E-state index is 0.691. The number of ether oxygens (including phenoxy) is 2. The lowest BCUT2D eigenvalue weighted by atomic mass is 10.2. The average Bonchev–Trinajstić information content (AvgIpc) is 2.38. The van der Waals surface area contributed by atoms with Crippen LogP contribution in [0.2, 0.25) is 0 Å². The summed E-state index contributed by atoms with van der Waals surface area (Å²) in [6.45, 7) is 1.54. The van der Waals surface area contributed by atoms with Crippen LogP contribution in [-0.2, 0) is 11.3 Å². The number of thiol groups is 1. The molecule has 0 saturated carbocycles. The fourth-order valence-electron chi connectivity index (χ4n) is 1.58. The van der Waals surface area contributed by atoms with Crippen LogP contribution in [0.5, 0.6) is 5.75 Å². The molecular formula is C14H22O2S. The topological polar surface area (TPSA) is 18.5 Å². The number of methoxy groups -OCH3 is 1. The number of benzene rings is 1. The van der Waals surface area contributed by atoms with Crippen LogP contribution in [0, 0.1) is 0 Å². The molecule has 0 aliphatic carbocycles. The van der Waals surface area contributed by atoms with Crippen molar-refractivity contribution in [1.29, 1.82) is 0 Å². The van der Waals surface area contributed by atoms with E-state index < -0.39 is 0 Å². The number of hydrogen-bond donors (Lipinski definition) is 1. The fraction of sp³-hybridized carbons (Fsp3) is 0.571. The van der Waals surface area contributed by atoms with E-state index in [9.17, 15) is 0 Å². The molecule has 0 bridgehead atoms. The second-order valence-corrected chi connectivity index (χ2v) is 4.49. The smallest absolute Gasteiger partial charge is 0.118 e. The third-order valence-electron chi connectivity index (χ3n) is 2.62. The van der Waals surface area contributed by atoms with Crippen molar-refractivity contribution in [3.63, 3.8) is 0 Å². The summed E-state index contributed by atoms with van der Waals surface area (Å²) < 4.78 is 10.7. The highest BCUT2D eigenvalue weighted by molar-refractivity contribution is 7.80. The Kier molecular flexibility index (Phi) is 7.93. The molecule has 0 atom stereocenters. The minimum atomic E-state index is 0.691. The summed E-state index contributed by atoms with van der Waals surface area (Å²) in [4.78, 5) is 0. The van der Waals surface area contributed by atoms with Crippen molar-refractivity contribution in [3.8, 4) is 5.75 Å². The first kappa shape index (κ1) is 14.4. The monoisotopic (exact) mass is 254 g/mol. The minimum Gasteiger partial charge on any atom is -0.497 e. The van der Waals surface area contributed by atoms with Crippen LogP contribution in [0.3, 0.4) is 0 Å². The van der Waals surface area contributed by atoms with Gasteiger partial charge in [0.15, 0.2) is 0 Å². The summed E-state index contributed by atoms with van der Waals surface area (Å²) in [5, 5.41) is 0. The standard InChI is InChI=1S/C14H22O2S/c1-15-14-8-6-13(7-9-14)12-16-10-4-2-3-5-11-17/h6-9,17H,2-5,10-12H2,1H3. The van der Waals surface area contributed by atoms with Gasteiger partial charge in [0.2, 0.25) is 0 Å². The van der Waals surface area contributed by atoms with Crippen molar-refractivity contribution in [2.75, 3.05) is 19.5 Å². The Morgan fingerprint density at radius 2 is 1.71 bits per heavy atom. The summed E-state index contributed by atoms with van der Waals surface area (Å²) in [7, 11) is 1.68. The van der Waals surface area contributed by atoms with E-state index in [-0.39, 0.29) is 0 Å². The maximum absolute atomic E-state index is 5.61. The van der Waals surface area contributed by atoms with Crippen molar-refractivity contribution in [3.05, 3.63) is 29.8 Å². The van der Waals surface area contributed by atoms with E-state index in [1.807, 2.05) is 24.3 Å². The molecule has 2 nitrogen and oxygen atoms in total. The lowest BCUT2D eigenvalue weighted by Gasteiger charge is -2.05. The van der Waals surface area contributed by atoms with E-state index in [4.69, 9.17) is 9.47 Å². The number of rotatable bonds is 9. The lowest BCUT2D eigenvalue weighted by molar-refractivity contribution is 0.117. The predicted octanol–water partition coefficient (Wildman–Crippen LogP) is 3.70. The molecule has 0 fully saturated rings. The van der Waals surface area contributed by atoms with Gasteiger partial charge in [0.05, 0.1) is 13.7 Å². The average molecular weight is 254 g/mol. The van der Waals surface area contributed by atoms with Crippen LogP contribution in [0.25, 0.3) is 0 Å². The molecule has 1 aromatic carbocycles. The molecule has 0 unspecified atom stereocenters. The van der Waals surface area contributed by atoms with Gasteiger partial charge >= 0.3 is 0 Å². The second kappa shape index (κ2) is 9.37. The highest BCUT2D eigenvalue weighted by Gasteiger charge is 1.95. The Labute approximate surface area is 110 Å². The predicted molar refractivity (Wildman–Crippen MR) is 75.0 cm³/mol. The van der Waals surface area contributed by atoms with E-state index in [0.717, 1.165) is 24.5 Å². The molecule has 0 radical (unpaired) electrons. The Bertz CT molecular complexity index is 285. The highest BCUT2D eigenvalue weighted by Crippen LogP contribution is 2.12. The Morgan fingerprint density at radius 1 is 1.00 bits per heavy atom. The SMILES string of the molecule is COc1ccc(COCCCCCCS)cc1. The summed E-state index contributed by atoms with van der Waals surface area (Å²) >= 11 is 4.19. The third-order valence-corrected chi connectivity index (χ3v) is 2.94. The van der Waals surface area contributed by atoms with Crippen LogP contribution in [-0.4, -0.2) is 19.5 Å². The van der Waals surface area contributed by atoms with Crippen LogP contribution >= 0.6 is 12.6 Å². The quantitative estimate of drug-likeness (QED) is 0.535. The Hall–Kier alpha value is -0.670. The van der Waals surface area contributed by atoms with Gasteiger partial charge in [-0.15, -0.1) is 0 Å². The maximum atomic E-state index is 5.61. The first-order valence-electron chi connectivity index (χ1n) is 6.18. The van der Waals surface area contributed by atoms with Crippen molar-refractivity contribution < 1.29 is 9.47 Å². The third kappa shape index (κ3) is 6.59. The molecule has 1 aromatic rings. The van der Waals surface area contributed by atoms with Gasteiger partial charge in [-0.3, -0.25) is 0 Å². The summed E-state index contributed by atoms with van der Waals surface area (Å²) in [6.07, 6.45) is 4.85. The molecule has 0 N–H and O–H groups in total. The normalized spacial score (nSPS) is 10.5. The molecule has 1 rings (SSSR count). The molecule has 17 heavy (non-hydrogen) atoms. The van der Waals surface area contributed by atoms with E-state index in [1.54, 1.807) is 7.11 Å². The first-order chi connectivity index (χ1) is 8.36. The van der Waals surface area contributed by atoms with Gasteiger partial charge in [-0.25, -0.2) is 0 Å². The van der Waals surface area contributed by atoms with Gasteiger partial charge in [0.1, 0.15) is 5.75 Å². The van der Waals surface area contributed by atoms with Gasteiger partial charge in [-0.2, -0.15) is 12.6 Å². The van der Waals surface area contributed by atoms with Crippen LogP contribution in [0.15, 0.2) is 24.3 Å². The van der Waals surface area contributed by atoms with Crippen LogP contribution < -0.4 is 4.74 Å². The van der Waals surface area contributed by atoms with E-state index >= 15 is 0 Å². The zero-order chi connectivity index (χ0) is 12.3. The van der Waals surface area contributed by atoms with E-state index in [2.05, 4.69) is 12.6 Å². The van der Waals surface area contributed by atoms with Crippen molar-refractivity contribution in [2.24, 2.45) is 0 Å². The van der Waals surface area contributed by atoms with Gasteiger partial charge < -0.3 is 9.47 Å². The molecule has 3 heteroatoms. The molecule has 0 spiro atoms.